The smallest absolute Gasteiger partial charge is 0.237 e. The van der Waals surface area contributed by atoms with Gasteiger partial charge in [0.1, 0.15) is 0 Å². The Balaban J connectivity index is 2.63. The minimum absolute atomic E-state index is 0.317. The van der Waals surface area contributed by atoms with Gasteiger partial charge in [-0.2, -0.15) is 0 Å². The summed E-state index contributed by atoms with van der Waals surface area (Å²) in [5, 5.41) is 2.99. The molecule has 3 N–H and O–H groups in total. The Morgan fingerprint density at radius 1 is 1.39 bits per heavy atom. The fraction of sp³-hybridized carbons (Fsp3) is 0.500. The molecule has 0 heterocycles. The third-order valence-electron chi connectivity index (χ3n) is 3.52. The Hall–Kier alpha value is -1.55. The zero-order chi connectivity index (χ0) is 13.8. The van der Waals surface area contributed by atoms with Crippen LogP contribution in [0.2, 0.25) is 0 Å². The minimum Gasteiger partial charge on any atom is -0.375 e. The zero-order valence-electron chi connectivity index (χ0n) is 11.7. The number of benzene rings is 1. The van der Waals surface area contributed by atoms with Crippen molar-refractivity contribution in [2.45, 2.75) is 25.8 Å². The van der Waals surface area contributed by atoms with Crippen LogP contribution in [0.5, 0.6) is 0 Å². The Bertz CT molecular complexity index is 402. The van der Waals surface area contributed by atoms with E-state index in [-0.39, 0.29) is 5.91 Å². The highest BCUT2D eigenvalue weighted by Crippen LogP contribution is 2.16. The molecular weight excluding hydrogens is 226 g/mol. The molecule has 1 atom stereocenters. The molecule has 1 amide bonds. The largest absolute Gasteiger partial charge is 0.375 e. The van der Waals surface area contributed by atoms with Crippen LogP contribution in [0, 0.1) is 6.92 Å². The molecule has 0 aliphatic heterocycles. The highest BCUT2D eigenvalue weighted by Gasteiger charge is 2.28. The average molecular weight is 249 g/mol. The Morgan fingerprint density at radius 2 is 1.94 bits per heavy atom. The molecule has 0 spiro atoms. The summed E-state index contributed by atoms with van der Waals surface area (Å²) in [6.07, 6.45) is 0.670. The molecule has 100 valence electrons. The third kappa shape index (κ3) is 3.47. The Kier molecular flexibility index (Phi) is 4.73. The predicted octanol–water partition coefficient (Wildman–Crippen LogP) is 1.28. The molecule has 4 heteroatoms. The van der Waals surface area contributed by atoms with E-state index in [1.54, 1.807) is 7.05 Å². The van der Waals surface area contributed by atoms with Crippen molar-refractivity contribution >= 4 is 11.6 Å². The number of anilines is 1. The van der Waals surface area contributed by atoms with Crippen LogP contribution < -0.4 is 16.0 Å². The molecule has 18 heavy (non-hydrogen) atoms. The van der Waals surface area contributed by atoms with Gasteiger partial charge in [0.2, 0.25) is 5.91 Å². The van der Waals surface area contributed by atoms with Gasteiger partial charge >= 0.3 is 0 Å². The van der Waals surface area contributed by atoms with Crippen LogP contribution in [-0.2, 0) is 4.79 Å². The monoisotopic (exact) mass is 249 g/mol. The number of rotatable bonds is 6. The van der Waals surface area contributed by atoms with Crippen LogP contribution in [0.15, 0.2) is 24.3 Å². The molecule has 0 aliphatic rings. The lowest BCUT2D eigenvalue weighted by molar-refractivity contribution is -0.123. The first-order valence-electron chi connectivity index (χ1n) is 6.15. The molecule has 0 aliphatic carbocycles. The summed E-state index contributed by atoms with van der Waals surface area (Å²) in [4.78, 5) is 13.5. The second kappa shape index (κ2) is 5.87. The van der Waals surface area contributed by atoms with E-state index in [0.717, 1.165) is 12.2 Å². The summed E-state index contributed by atoms with van der Waals surface area (Å²) in [6, 6.07) is 8.32. The molecule has 1 unspecified atom stereocenters. The summed E-state index contributed by atoms with van der Waals surface area (Å²) in [5.74, 6) is -0.317. The number of aryl methyl sites for hydroxylation is 1. The van der Waals surface area contributed by atoms with Crippen molar-refractivity contribution in [2.24, 2.45) is 5.73 Å². The predicted molar refractivity (Wildman–Crippen MR) is 75.7 cm³/mol. The second-order valence-corrected chi connectivity index (χ2v) is 4.95. The molecule has 0 saturated heterocycles. The van der Waals surface area contributed by atoms with Crippen molar-refractivity contribution in [3.63, 3.8) is 0 Å². The summed E-state index contributed by atoms with van der Waals surface area (Å²) in [6.45, 7) is 4.66. The lowest BCUT2D eigenvalue weighted by Gasteiger charge is -2.29. The van der Waals surface area contributed by atoms with Gasteiger partial charge in [-0.3, -0.25) is 4.79 Å². The third-order valence-corrected chi connectivity index (χ3v) is 3.52. The van der Waals surface area contributed by atoms with Gasteiger partial charge in [-0.05, 0) is 39.4 Å². The van der Waals surface area contributed by atoms with E-state index in [9.17, 15) is 4.79 Å². The van der Waals surface area contributed by atoms with E-state index in [0.29, 0.717) is 6.42 Å². The van der Waals surface area contributed by atoms with Gasteiger partial charge in [0, 0.05) is 19.3 Å². The number of carbonyl (C=O) groups is 1. The molecule has 0 fully saturated rings. The lowest BCUT2D eigenvalue weighted by Crippen LogP contribution is -2.53. The fourth-order valence-electron chi connectivity index (χ4n) is 1.69. The van der Waals surface area contributed by atoms with E-state index in [4.69, 9.17) is 5.73 Å². The highest BCUT2D eigenvalue weighted by molar-refractivity contribution is 5.84. The summed E-state index contributed by atoms with van der Waals surface area (Å²) < 4.78 is 0. The van der Waals surface area contributed by atoms with Crippen LogP contribution in [0.4, 0.5) is 5.69 Å². The van der Waals surface area contributed by atoms with Crippen LogP contribution >= 0.6 is 0 Å². The van der Waals surface area contributed by atoms with Crippen molar-refractivity contribution in [2.75, 3.05) is 25.5 Å². The van der Waals surface area contributed by atoms with Crippen molar-refractivity contribution < 1.29 is 4.79 Å². The molecule has 4 nitrogen and oxygen atoms in total. The number of nitrogens with zero attached hydrogens (tertiary/aromatic N) is 1. The maximum absolute atomic E-state index is 11.4. The number of amides is 1. The Morgan fingerprint density at radius 3 is 2.39 bits per heavy atom. The van der Waals surface area contributed by atoms with E-state index in [1.165, 1.54) is 5.56 Å². The first-order chi connectivity index (χ1) is 8.39. The number of primary amides is 1. The van der Waals surface area contributed by atoms with Gasteiger partial charge in [-0.1, -0.05) is 17.7 Å². The standard InChI is InChI=1S/C14H23N3O/c1-11-5-7-12(8-6-11)17(4)10-9-14(2,16-3)13(15)18/h5-8,16H,9-10H2,1-4H3,(H2,15,18). The lowest BCUT2D eigenvalue weighted by atomic mass is 9.97. The number of hydrogen-bond donors (Lipinski definition) is 2. The normalized spacial score (nSPS) is 14.0. The number of carbonyl (C=O) groups excluding carboxylic acids is 1. The van der Waals surface area contributed by atoms with Gasteiger partial charge in [0.05, 0.1) is 5.54 Å². The number of nitrogens with two attached hydrogens (primary N) is 1. The van der Waals surface area contributed by atoms with Crippen LogP contribution in [0.1, 0.15) is 18.9 Å². The number of likely N-dealkylation sites (N-methyl/N-ethyl adjacent to an activating group) is 1. The zero-order valence-corrected chi connectivity index (χ0v) is 11.7. The molecule has 0 bridgehead atoms. The average Bonchev–Trinajstić information content (AvgIpc) is 2.36. The van der Waals surface area contributed by atoms with E-state index >= 15 is 0 Å². The van der Waals surface area contributed by atoms with Gasteiger partial charge in [-0.25, -0.2) is 0 Å². The summed E-state index contributed by atoms with van der Waals surface area (Å²) in [7, 11) is 3.78. The van der Waals surface area contributed by atoms with E-state index < -0.39 is 5.54 Å². The van der Waals surface area contributed by atoms with Crippen molar-refractivity contribution in [3.8, 4) is 0 Å². The summed E-state index contributed by atoms with van der Waals surface area (Å²) >= 11 is 0. The van der Waals surface area contributed by atoms with Crippen LogP contribution in [0.3, 0.4) is 0 Å². The highest BCUT2D eigenvalue weighted by atomic mass is 16.1. The molecule has 0 radical (unpaired) electrons. The molecule has 0 aromatic heterocycles. The van der Waals surface area contributed by atoms with Gasteiger partial charge < -0.3 is 16.0 Å². The maximum atomic E-state index is 11.4. The quantitative estimate of drug-likeness (QED) is 0.798. The van der Waals surface area contributed by atoms with Gasteiger partial charge in [0.25, 0.3) is 0 Å². The maximum Gasteiger partial charge on any atom is 0.237 e. The molecule has 1 aromatic rings. The van der Waals surface area contributed by atoms with Crippen LogP contribution in [-0.4, -0.2) is 32.1 Å². The summed E-state index contributed by atoms with van der Waals surface area (Å²) in [5.41, 5.74) is 7.13. The van der Waals surface area contributed by atoms with E-state index in [2.05, 4.69) is 41.4 Å². The van der Waals surface area contributed by atoms with E-state index in [1.807, 2.05) is 14.0 Å². The molecule has 1 aromatic carbocycles. The van der Waals surface area contributed by atoms with Crippen molar-refractivity contribution in [1.29, 1.82) is 0 Å². The molecule has 1 rings (SSSR count). The fourth-order valence-corrected chi connectivity index (χ4v) is 1.69. The number of hydrogen-bond acceptors (Lipinski definition) is 3. The molecule has 0 saturated carbocycles. The second-order valence-electron chi connectivity index (χ2n) is 4.95. The Labute approximate surface area is 109 Å². The first-order valence-corrected chi connectivity index (χ1v) is 6.15. The molecular formula is C14H23N3O. The van der Waals surface area contributed by atoms with Gasteiger partial charge in [0.15, 0.2) is 0 Å². The van der Waals surface area contributed by atoms with Gasteiger partial charge in [-0.15, -0.1) is 0 Å². The van der Waals surface area contributed by atoms with Crippen LogP contribution in [0.25, 0.3) is 0 Å². The first kappa shape index (κ1) is 14.5. The van der Waals surface area contributed by atoms with Crippen molar-refractivity contribution in [3.05, 3.63) is 29.8 Å². The number of nitrogens with one attached hydrogen (secondary N) is 1. The SMILES string of the molecule is CNC(C)(CCN(C)c1ccc(C)cc1)C(N)=O. The van der Waals surface area contributed by atoms with Crippen molar-refractivity contribution in [1.82, 2.24) is 5.32 Å². The minimum atomic E-state index is -0.654. The topological polar surface area (TPSA) is 58.4 Å².